The van der Waals surface area contributed by atoms with Crippen LogP contribution in [0.3, 0.4) is 0 Å². The molecule has 0 spiro atoms. The van der Waals surface area contributed by atoms with Crippen molar-refractivity contribution >= 4 is 17.6 Å². The quantitative estimate of drug-likeness (QED) is 0.642. The molecule has 15 heavy (non-hydrogen) atoms. The highest BCUT2D eigenvalue weighted by atomic mass is 16.5. The lowest BCUT2D eigenvalue weighted by Gasteiger charge is -2.09. The number of carbonyl (C=O) groups is 2. The molecule has 1 aromatic carbocycles. The first-order chi connectivity index (χ1) is 7.13. The fourth-order valence-electron chi connectivity index (χ4n) is 1.71. The van der Waals surface area contributed by atoms with E-state index in [0.717, 1.165) is 11.3 Å². The molecule has 0 aromatic heterocycles. The first-order valence-corrected chi connectivity index (χ1v) is 4.61. The minimum atomic E-state index is -0.375. The van der Waals surface area contributed by atoms with Crippen LogP contribution in [0.5, 0.6) is 0 Å². The number of ether oxygens (including phenoxy) is 1. The average molecular weight is 205 g/mol. The number of hydrogen-bond donors (Lipinski definition) is 0. The van der Waals surface area contributed by atoms with Gasteiger partial charge in [-0.1, -0.05) is 0 Å². The standard InChI is InChI=1S/C11H11NO3/c1-12-9-4-3-7(11(14)15-2)5-8(9)6-10(12)13/h3-5H,6H2,1-2H3. The van der Waals surface area contributed by atoms with Gasteiger partial charge >= 0.3 is 5.97 Å². The Morgan fingerprint density at radius 2 is 2.20 bits per heavy atom. The molecule has 0 saturated heterocycles. The maximum atomic E-state index is 11.4. The smallest absolute Gasteiger partial charge is 0.337 e. The summed E-state index contributed by atoms with van der Waals surface area (Å²) in [6.07, 6.45) is 0.358. The molecule has 2 rings (SSSR count). The lowest BCUT2D eigenvalue weighted by atomic mass is 10.1. The maximum absolute atomic E-state index is 11.4. The summed E-state index contributed by atoms with van der Waals surface area (Å²) in [7, 11) is 3.07. The summed E-state index contributed by atoms with van der Waals surface area (Å²) >= 11 is 0. The minimum Gasteiger partial charge on any atom is -0.465 e. The topological polar surface area (TPSA) is 46.6 Å². The van der Waals surface area contributed by atoms with Crippen LogP contribution in [-0.4, -0.2) is 26.0 Å². The van der Waals surface area contributed by atoms with Gasteiger partial charge in [0.2, 0.25) is 5.91 Å². The zero-order chi connectivity index (χ0) is 11.0. The van der Waals surface area contributed by atoms with E-state index in [1.54, 1.807) is 30.1 Å². The number of likely N-dealkylation sites (N-methyl/N-ethyl adjacent to an activating group) is 1. The summed E-state index contributed by atoms with van der Waals surface area (Å²) < 4.78 is 4.61. The third-order valence-electron chi connectivity index (χ3n) is 2.58. The highest BCUT2D eigenvalue weighted by molar-refractivity contribution is 6.02. The van der Waals surface area contributed by atoms with Gasteiger partial charge in [-0.05, 0) is 23.8 Å². The molecule has 0 saturated carbocycles. The third kappa shape index (κ3) is 1.48. The Labute approximate surface area is 87.4 Å². The van der Waals surface area contributed by atoms with Crippen molar-refractivity contribution in [2.45, 2.75) is 6.42 Å². The van der Waals surface area contributed by atoms with Crippen LogP contribution < -0.4 is 4.90 Å². The molecule has 1 amide bonds. The van der Waals surface area contributed by atoms with Crippen LogP contribution in [0.25, 0.3) is 0 Å². The molecular weight excluding hydrogens is 194 g/mol. The van der Waals surface area contributed by atoms with Crippen LogP contribution in [0.1, 0.15) is 15.9 Å². The lowest BCUT2D eigenvalue weighted by Crippen LogP contribution is -2.20. The van der Waals surface area contributed by atoms with Crippen LogP contribution in [0, 0.1) is 0 Å². The predicted molar refractivity (Wildman–Crippen MR) is 54.9 cm³/mol. The van der Waals surface area contributed by atoms with Gasteiger partial charge < -0.3 is 9.64 Å². The van der Waals surface area contributed by atoms with E-state index in [-0.39, 0.29) is 11.9 Å². The maximum Gasteiger partial charge on any atom is 0.337 e. The van der Waals surface area contributed by atoms with E-state index in [1.807, 2.05) is 0 Å². The van der Waals surface area contributed by atoms with Gasteiger partial charge in [0.1, 0.15) is 0 Å². The second-order valence-corrected chi connectivity index (χ2v) is 3.46. The molecule has 1 heterocycles. The molecule has 0 unspecified atom stereocenters. The van der Waals surface area contributed by atoms with E-state index in [2.05, 4.69) is 4.74 Å². The van der Waals surface area contributed by atoms with E-state index in [1.165, 1.54) is 7.11 Å². The van der Waals surface area contributed by atoms with Crippen molar-refractivity contribution in [2.75, 3.05) is 19.1 Å². The molecule has 1 aromatic rings. The second kappa shape index (κ2) is 3.38. The molecule has 0 bridgehead atoms. The van der Waals surface area contributed by atoms with Crippen LogP contribution >= 0.6 is 0 Å². The van der Waals surface area contributed by atoms with E-state index >= 15 is 0 Å². The molecule has 0 radical (unpaired) electrons. The van der Waals surface area contributed by atoms with E-state index < -0.39 is 0 Å². The number of amides is 1. The van der Waals surface area contributed by atoms with Gasteiger partial charge in [0.05, 0.1) is 19.1 Å². The Hall–Kier alpha value is -1.84. The predicted octanol–water partition coefficient (Wildman–Crippen LogP) is 0.992. The Kier molecular flexibility index (Phi) is 2.19. The Bertz CT molecular complexity index is 439. The van der Waals surface area contributed by atoms with Crippen LogP contribution in [0.2, 0.25) is 0 Å². The van der Waals surface area contributed by atoms with Gasteiger partial charge in [0, 0.05) is 12.7 Å². The number of esters is 1. The molecule has 4 heteroatoms. The number of anilines is 1. The fraction of sp³-hybridized carbons (Fsp3) is 0.273. The largest absolute Gasteiger partial charge is 0.465 e. The van der Waals surface area contributed by atoms with Crippen LogP contribution in [0.15, 0.2) is 18.2 Å². The summed E-state index contributed by atoms with van der Waals surface area (Å²) in [5.74, 6) is -0.327. The van der Waals surface area contributed by atoms with Crippen molar-refractivity contribution in [3.63, 3.8) is 0 Å². The Morgan fingerprint density at radius 1 is 1.47 bits per heavy atom. The summed E-state index contributed by atoms with van der Waals surface area (Å²) in [6.45, 7) is 0. The Balaban J connectivity index is 2.42. The average Bonchev–Trinajstić information content (AvgIpc) is 2.53. The SMILES string of the molecule is COC(=O)c1ccc2c(c1)CC(=O)N2C. The summed E-state index contributed by atoms with van der Waals surface area (Å²) in [6, 6.07) is 5.15. The normalized spacial score (nSPS) is 14.0. The highest BCUT2D eigenvalue weighted by Crippen LogP contribution is 2.28. The van der Waals surface area contributed by atoms with Crippen LogP contribution in [-0.2, 0) is 16.0 Å². The molecule has 0 atom stereocenters. The molecule has 1 aliphatic heterocycles. The molecular formula is C11H11NO3. The number of methoxy groups -OCH3 is 1. The number of carbonyl (C=O) groups excluding carboxylic acids is 2. The van der Waals surface area contributed by atoms with Gasteiger partial charge in [-0.3, -0.25) is 4.79 Å². The monoisotopic (exact) mass is 205 g/mol. The molecule has 0 fully saturated rings. The van der Waals surface area contributed by atoms with E-state index in [0.29, 0.717) is 12.0 Å². The molecule has 0 aliphatic carbocycles. The number of fused-ring (bicyclic) bond motifs is 1. The zero-order valence-corrected chi connectivity index (χ0v) is 8.61. The van der Waals surface area contributed by atoms with Gasteiger partial charge in [0.25, 0.3) is 0 Å². The van der Waals surface area contributed by atoms with Crippen molar-refractivity contribution in [3.05, 3.63) is 29.3 Å². The fourth-order valence-corrected chi connectivity index (χ4v) is 1.71. The van der Waals surface area contributed by atoms with Gasteiger partial charge in [-0.25, -0.2) is 4.79 Å². The van der Waals surface area contributed by atoms with E-state index in [9.17, 15) is 9.59 Å². The number of rotatable bonds is 1. The lowest BCUT2D eigenvalue weighted by molar-refractivity contribution is -0.117. The number of hydrogen-bond acceptors (Lipinski definition) is 3. The van der Waals surface area contributed by atoms with Gasteiger partial charge in [0.15, 0.2) is 0 Å². The van der Waals surface area contributed by atoms with E-state index in [4.69, 9.17) is 0 Å². The summed E-state index contributed by atoms with van der Waals surface area (Å²) in [5.41, 5.74) is 2.23. The van der Waals surface area contributed by atoms with Gasteiger partial charge in [-0.15, -0.1) is 0 Å². The molecule has 0 N–H and O–H groups in total. The molecule has 4 nitrogen and oxygen atoms in total. The first kappa shape index (κ1) is 9.71. The van der Waals surface area contributed by atoms with Crippen molar-refractivity contribution in [3.8, 4) is 0 Å². The van der Waals surface area contributed by atoms with Crippen molar-refractivity contribution in [2.24, 2.45) is 0 Å². The Morgan fingerprint density at radius 3 is 2.87 bits per heavy atom. The van der Waals surface area contributed by atoms with Crippen molar-refractivity contribution in [1.82, 2.24) is 0 Å². The summed E-state index contributed by atoms with van der Waals surface area (Å²) in [5, 5.41) is 0. The van der Waals surface area contributed by atoms with Crippen molar-refractivity contribution in [1.29, 1.82) is 0 Å². The van der Waals surface area contributed by atoms with Gasteiger partial charge in [-0.2, -0.15) is 0 Å². The molecule has 1 aliphatic rings. The summed E-state index contributed by atoms with van der Waals surface area (Å²) in [4.78, 5) is 24.2. The zero-order valence-electron chi connectivity index (χ0n) is 8.61. The minimum absolute atomic E-state index is 0.0482. The number of benzene rings is 1. The van der Waals surface area contributed by atoms with Crippen molar-refractivity contribution < 1.29 is 14.3 Å². The first-order valence-electron chi connectivity index (χ1n) is 4.61. The highest BCUT2D eigenvalue weighted by Gasteiger charge is 2.24. The molecule has 78 valence electrons. The number of nitrogens with zero attached hydrogens (tertiary/aromatic N) is 1. The third-order valence-corrected chi connectivity index (χ3v) is 2.58. The van der Waals surface area contributed by atoms with Crippen LogP contribution in [0.4, 0.5) is 5.69 Å². The second-order valence-electron chi connectivity index (χ2n) is 3.46.